The van der Waals surface area contributed by atoms with Crippen LogP contribution in [-0.4, -0.2) is 10.5 Å². The summed E-state index contributed by atoms with van der Waals surface area (Å²) < 4.78 is 14.9. The lowest BCUT2D eigenvalue weighted by Gasteiger charge is -2.08. The molecule has 5 heteroatoms. The van der Waals surface area contributed by atoms with Crippen LogP contribution in [0.1, 0.15) is 5.56 Å². The summed E-state index contributed by atoms with van der Waals surface area (Å²) in [5, 5.41) is 4.19. The van der Waals surface area contributed by atoms with Gasteiger partial charge < -0.3 is 9.88 Å². The van der Waals surface area contributed by atoms with Crippen molar-refractivity contribution < 1.29 is 9.18 Å². The number of aromatic nitrogens is 1. The van der Waals surface area contributed by atoms with Gasteiger partial charge in [0.1, 0.15) is 12.4 Å². The van der Waals surface area contributed by atoms with Crippen LogP contribution in [0.5, 0.6) is 0 Å². The Balaban J connectivity index is 1.76. The molecule has 0 saturated carbocycles. The zero-order valence-corrected chi connectivity index (χ0v) is 12.7. The van der Waals surface area contributed by atoms with Gasteiger partial charge >= 0.3 is 0 Å². The molecule has 0 aliphatic carbocycles. The number of benzene rings is 2. The number of halogens is 2. The van der Waals surface area contributed by atoms with Gasteiger partial charge in [0, 0.05) is 27.8 Å². The maximum absolute atomic E-state index is 13.2. The molecule has 0 radical (unpaired) electrons. The first-order valence-electron chi connectivity index (χ1n) is 6.83. The van der Waals surface area contributed by atoms with Gasteiger partial charge in [0.15, 0.2) is 0 Å². The Hall–Kier alpha value is -2.33. The minimum Gasteiger partial charge on any atom is -0.338 e. The number of fused-ring (bicyclic) bond motifs is 1. The standard InChI is InChI=1S/C17H14ClFN2O/c1-11-2-4-14(9-15(11)18)20-17(22)10-21-7-6-12-8-13(19)3-5-16(12)21/h2-9H,10H2,1H3,(H,20,22). The topological polar surface area (TPSA) is 34.0 Å². The van der Waals surface area contributed by atoms with Crippen LogP contribution in [0.25, 0.3) is 10.9 Å². The normalized spacial score (nSPS) is 10.9. The van der Waals surface area contributed by atoms with Crippen molar-refractivity contribution in [1.29, 1.82) is 0 Å². The second-order valence-corrected chi connectivity index (χ2v) is 5.57. The highest BCUT2D eigenvalue weighted by Gasteiger charge is 2.08. The molecule has 3 nitrogen and oxygen atoms in total. The van der Waals surface area contributed by atoms with Crippen molar-refractivity contribution in [2.24, 2.45) is 0 Å². The van der Waals surface area contributed by atoms with Gasteiger partial charge in [-0.2, -0.15) is 0 Å². The number of amides is 1. The van der Waals surface area contributed by atoms with E-state index in [9.17, 15) is 9.18 Å². The van der Waals surface area contributed by atoms with Crippen molar-refractivity contribution in [2.45, 2.75) is 13.5 Å². The first kappa shape index (κ1) is 14.6. The highest BCUT2D eigenvalue weighted by atomic mass is 35.5. The molecule has 1 amide bonds. The van der Waals surface area contributed by atoms with E-state index in [4.69, 9.17) is 11.6 Å². The zero-order valence-electron chi connectivity index (χ0n) is 11.9. The lowest BCUT2D eigenvalue weighted by Crippen LogP contribution is -2.18. The summed E-state index contributed by atoms with van der Waals surface area (Å²) in [6.07, 6.45) is 1.77. The summed E-state index contributed by atoms with van der Waals surface area (Å²) in [6, 6.07) is 11.7. The van der Waals surface area contributed by atoms with Crippen molar-refractivity contribution in [2.75, 3.05) is 5.32 Å². The van der Waals surface area contributed by atoms with Crippen LogP contribution < -0.4 is 5.32 Å². The Morgan fingerprint density at radius 2 is 2.05 bits per heavy atom. The fourth-order valence-corrected chi connectivity index (χ4v) is 2.52. The smallest absolute Gasteiger partial charge is 0.244 e. The number of carbonyl (C=O) groups is 1. The van der Waals surface area contributed by atoms with E-state index >= 15 is 0 Å². The highest BCUT2D eigenvalue weighted by Crippen LogP contribution is 2.20. The first-order chi connectivity index (χ1) is 10.5. The maximum Gasteiger partial charge on any atom is 0.244 e. The Morgan fingerprint density at radius 1 is 1.23 bits per heavy atom. The van der Waals surface area contributed by atoms with E-state index in [1.807, 2.05) is 19.1 Å². The summed E-state index contributed by atoms with van der Waals surface area (Å²) in [5.41, 5.74) is 2.43. The molecule has 0 saturated heterocycles. The Bertz CT molecular complexity index is 857. The lowest BCUT2D eigenvalue weighted by molar-refractivity contribution is -0.116. The molecule has 112 valence electrons. The summed E-state index contributed by atoms with van der Waals surface area (Å²) in [6.45, 7) is 2.06. The molecular formula is C17H14ClFN2O. The van der Waals surface area contributed by atoms with Crippen LogP contribution in [0.15, 0.2) is 48.7 Å². The quantitative estimate of drug-likeness (QED) is 0.764. The van der Waals surface area contributed by atoms with E-state index < -0.39 is 0 Å². The minimum absolute atomic E-state index is 0.153. The second-order valence-electron chi connectivity index (χ2n) is 5.16. The average molecular weight is 317 g/mol. The lowest BCUT2D eigenvalue weighted by atomic mass is 10.2. The van der Waals surface area contributed by atoms with Gasteiger partial charge in [-0.1, -0.05) is 17.7 Å². The van der Waals surface area contributed by atoms with E-state index in [2.05, 4.69) is 5.32 Å². The predicted octanol–water partition coefficient (Wildman–Crippen LogP) is 4.38. The molecule has 1 aromatic heterocycles. The van der Waals surface area contributed by atoms with Crippen molar-refractivity contribution in [3.8, 4) is 0 Å². The van der Waals surface area contributed by atoms with Crippen LogP contribution in [0.2, 0.25) is 5.02 Å². The van der Waals surface area contributed by atoms with Crippen LogP contribution in [-0.2, 0) is 11.3 Å². The number of hydrogen-bond donors (Lipinski definition) is 1. The molecule has 3 aromatic rings. The number of hydrogen-bond acceptors (Lipinski definition) is 1. The molecule has 0 aliphatic heterocycles. The van der Waals surface area contributed by atoms with E-state index in [0.717, 1.165) is 16.5 Å². The van der Waals surface area contributed by atoms with Gasteiger partial charge in [0.2, 0.25) is 5.91 Å². The van der Waals surface area contributed by atoms with Crippen molar-refractivity contribution in [3.05, 3.63) is 65.1 Å². The fraction of sp³-hybridized carbons (Fsp3) is 0.118. The number of carbonyl (C=O) groups excluding carboxylic acids is 1. The Kier molecular flexibility index (Phi) is 3.86. The molecule has 1 heterocycles. The van der Waals surface area contributed by atoms with Crippen LogP contribution in [0, 0.1) is 12.7 Å². The van der Waals surface area contributed by atoms with E-state index in [1.54, 1.807) is 29.0 Å². The molecule has 2 aromatic carbocycles. The number of rotatable bonds is 3. The highest BCUT2D eigenvalue weighted by molar-refractivity contribution is 6.31. The molecule has 22 heavy (non-hydrogen) atoms. The third-order valence-corrected chi connectivity index (χ3v) is 3.91. The SMILES string of the molecule is Cc1ccc(NC(=O)Cn2ccc3cc(F)ccc32)cc1Cl. The predicted molar refractivity (Wildman–Crippen MR) is 86.7 cm³/mol. The molecule has 3 rings (SSSR count). The average Bonchev–Trinajstić information content (AvgIpc) is 2.85. The number of anilines is 1. The summed E-state index contributed by atoms with van der Waals surface area (Å²) in [4.78, 5) is 12.1. The van der Waals surface area contributed by atoms with Gasteiger partial charge in [0.05, 0.1) is 0 Å². The number of nitrogens with one attached hydrogen (secondary N) is 1. The van der Waals surface area contributed by atoms with Gasteiger partial charge in [-0.15, -0.1) is 0 Å². The van der Waals surface area contributed by atoms with Crippen molar-refractivity contribution in [1.82, 2.24) is 4.57 Å². The molecule has 0 aliphatic rings. The fourth-order valence-electron chi connectivity index (χ4n) is 2.33. The van der Waals surface area contributed by atoms with E-state index in [1.165, 1.54) is 12.1 Å². The van der Waals surface area contributed by atoms with E-state index in [0.29, 0.717) is 10.7 Å². The summed E-state index contributed by atoms with van der Waals surface area (Å²) in [7, 11) is 0. The molecule has 0 atom stereocenters. The van der Waals surface area contributed by atoms with Crippen molar-refractivity contribution in [3.63, 3.8) is 0 Å². The summed E-state index contributed by atoms with van der Waals surface area (Å²) >= 11 is 6.04. The molecule has 1 N–H and O–H groups in total. The molecule has 0 unspecified atom stereocenters. The third-order valence-electron chi connectivity index (χ3n) is 3.50. The number of nitrogens with zero attached hydrogens (tertiary/aromatic N) is 1. The van der Waals surface area contributed by atoms with Gasteiger partial charge in [-0.05, 0) is 48.9 Å². The monoisotopic (exact) mass is 316 g/mol. The molecule has 0 bridgehead atoms. The van der Waals surface area contributed by atoms with E-state index in [-0.39, 0.29) is 18.3 Å². The van der Waals surface area contributed by atoms with Crippen molar-refractivity contribution >= 4 is 34.1 Å². The first-order valence-corrected chi connectivity index (χ1v) is 7.21. The Morgan fingerprint density at radius 3 is 2.82 bits per heavy atom. The largest absolute Gasteiger partial charge is 0.338 e. The zero-order chi connectivity index (χ0) is 15.7. The molecule has 0 spiro atoms. The second kappa shape index (κ2) is 5.81. The number of aryl methyl sites for hydroxylation is 1. The van der Waals surface area contributed by atoms with Gasteiger partial charge in [-0.3, -0.25) is 4.79 Å². The van der Waals surface area contributed by atoms with Crippen LogP contribution >= 0.6 is 11.6 Å². The summed E-state index contributed by atoms with van der Waals surface area (Å²) in [5.74, 6) is -0.453. The molecule has 0 fully saturated rings. The molecular weight excluding hydrogens is 303 g/mol. The third kappa shape index (κ3) is 2.97. The maximum atomic E-state index is 13.2. The minimum atomic E-state index is -0.288. The van der Waals surface area contributed by atoms with Crippen LogP contribution in [0.4, 0.5) is 10.1 Å². The van der Waals surface area contributed by atoms with Gasteiger partial charge in [-0.25, -0.2) is 4.39 Å². The van der Waals surface area contributed by atoms with Gasteiger partial charge in [0.25, 0.3) is 0 Å². The Labute approximate surface area is 132 Å². The van der Waals surface area contributed by atoms with Crippen LogP contribution in [0.3, 0.4) is 0 Å².